The third-order valence-electron chi connectivity index (χ3n) is 5.94. The molecule has 7 nitrogen and oxygen atoms in total. The van der Waals surface area contributed by atoms with Gasteiger partial charge in [0.25, 0.3) is 5.91 Å². The summed E-state index contributed by atoms with van der Waals surface area (Å²) in [5.41, 5.74) is 9.76. The van der Waals surface area contributed by atoms with Crippen LogP contribution in [0.3, 0.4) is 0 Å². The van der Waals surface area contributed by atoms with Gasteiger partial charge in [-0.2, -0.15) is 0 Å². The average Bonchev–Trinajstić information content (AvgIpc) is 2.93. The number of hydrogen-bond acceptors (Lipinski definition) is 4. The standard InChI is InChI=1S/C31H28N4O3/c1-2-22-19-21(17-18-25(22)29(36)35-28-16-10-9-15-27(28)32)20-26(30(37)33-23-11-5-3-6-12-23)31(38)34-24-13-7-4-8-14-24/h2-19,26H,1,20,32H2,(H,33,37)(H,34,38)(H,35,36). The van der Waals surface area contributed by atoms with Crippen LogP contribution in [0.15, 0.2) is 110 Å². The van der Waals surface area contributed by atoms with Gasteiger partial charge in [-0.3, -0.25) is 14.4 Å². The fraction of sp³-hybridized carbons (Fsp3) is 0.0645. The van der Waals surface area contributed by atoms with Crippen molar-refractivity contribution < 1.29 is 14.4 Å². The molecule has 0 bridgehead atoms. The average molecular weight is 505 g/mol. The molecule has 38 heavy (non-hydrogen) atoms. The molecule has 0 aromatic heterocycles. The molecule has 0 saturated heterocycles. The van der Waals surface area contributed by atoms with Gasteiger partial charge in [0.1, 0.15) is 5.92 Å². The summed E-state index contributed by atoms with van der Waals surface area (Å²) < 4.78 is 0. The molecule has 0 aliphatic heterocycles. The van der Waals surface area contributed by atoms with E-state index in [1.54, 1.807) is 97.1 Å². The van der Waals surface area contributed by atoms with Gasteiger partial charge in [-0.1, -0.05) is 73.3 Å². The zero-order chi connectivity index (χ0) is 26.9. The van der Waals surface area contributed by atoms with Gasteiger partial charge in [0.15, 0.2) is 0 Å². The number of benzene rings is 4. The number of carbonyl (C=O) groups is 3. The molecule has 0 radical (unpaired) electrons. The second kappa shape index (κ2) is 12.2. The van der Waals surface area contributed by atoms with Gasteiger partial charge in [-0.15, -0.1) is 0 Å². The Kier molecular flexibility index (Phi) is 8.31. The number of carbonyl (C=O) groups excluding carboxylic acids is 3. The molecule has 0 heterocycles. The van der Waals surface area contributed by atoms with Crippen LogP contribution in [0.5, 0.6) is 0 Å². The number of amides is 3. The Morgan fingerprint density at radius 3 is 1.84 bits per heavy atom. The fourth-order valence-corrected chi connectivity index (χ4v) is 3.96. The van der Waals surface area contributed by atoms with Crippen molar-refractivity contribution in [2.45, 2.75) is 6.42 Å². The maximum absolute atomic E-state index is 13.2. The van der Waals surface area contributed by atoms with E-state index in [-0.39, 0.29) is 12.3 Å². The monoisotopic (exact) mass is 504 g/mol. The van der Waals surface area contributed by atoms with Gasteiger partial charge < -0.3 is 21.7 Å². The van der Waals surface area contributed by atoms with Crippen molar-refractivity contribution >= 4 is 46.5 Å². The minimum absolute atomic E-state index is 0.117. The number of anilines is 4. The number of nitrogens with one attached hydrogen (secondary N) is 3. The van der Waals surface area contributed by atoms with Crippen molar-refractivity contribution in [3.8, 4) is 0 Å². The maximum atomic E-state index is 13.2. The van der Waals surface area contributed by atoms with Crippen LogP contribution in [-0.2, 0) is 16.0 Å². The van der Waals surface area contributed by atoms with Crippen LogP contribution in [0, 0.1) is 5.92 Å². The van der Waals surface area contributed by atoms with E-state index in [2.05, 4.69) is 22.5 Å². The highest BCUT2D eigenvalue weighted by Crippen LogP contribution is 2.22. The first-order valence-electron chi connectivity index (χ1n) is 12.1. The summed E-state index contributed by atoms with van der Waals surface area (Å²) >= 11 is 0. The summed E-state index contributed by atoms with van der Waals surface area (Å²) in [6.07, 6.45) is 1.68. The number of hydrogen-bond donors (Lipinski definition) is 4. The van der Waals surface area contributed by atoms with Crippen LogP contribution in [0.2, 0.25) is 0 Å². The fourth-order valence-electron chi connectivity index (χ4n) is 3.96. The molecule has 0 spiro atoms. The predicted octanol–water partition coefficient (Wildman–Crippen LogP) is 5.60. The summed E-state index contributed by atoms with van der Waals surface area (Å²) in [6, 6.07) is 30.1. The summed E-state index contributed by atoms with van der Waals surface area (Å²) in [5.74, 6) is -2.25. The molecule has 0 aliphatic carbocycles. The highest BCUT2D eigenvalue weighted by Gasteiger charge is 2.28. The summed E-state index contributed by atoms with van der Waals surface area (Å²) in [6.45, 7) is 3.84. The molecule has 0 saturated carbocycles. The van der Waals surface area contributed by atoms with Crippen LogP contribution in [0.1, 0.15) is 21.5 Å². The van der Waals surface area contributed by atoms with Gasteiger partial charge in [0, 0.05) is 16.9 Å². The quantitative estimate of drug-likeness (QED) is 0.175. The molecule has 0 atom stereocenters. The van der Waals surface area contributed by atoms with Crippen molar-refractivity contribution in [3.05, 3.63) is 126 Å². The van der Waals surface area contributed by atoms with Gasteiger partial charge in [-0.05, 0) is 60.0 Å². The van der Waals surface area contributed by atoms with E-state index in [0.29, 0.717) is 39.4 Å². The van der Waals surface area contributed by atoms with Crippen molar-refractivity contribution in [1.82, 2.24) is 0 Å². The Hall–Kier alpha value is -5.17. The van der Waals surface area contributed by atoms with Gasteiger partial charge >= 0.3 is 0 Å². The van der Waals surface area contributed by atoms with Crippen LogP contribution in [0.4, 0.5) is 22.7 Å². The lowest BCUT2D eigenvalue weighted by Gasteiger charge is -2.18. The number of para-hydroxylation sites is 4. The second-order valence-electron chi connectivity index (χ2n) is 8.63. The zero-order valence-electron chi connectivity index (χ0n) is 20.7. The minimum atomic E-state index is -1.03. The molecule has 0 aliphatic rings. The first-order chi connectivity index (χ1) is 18.4. The molecule has 4 aromatic rings. The molecular weight excluding hydrogens is 476 g/mol. The lowest BCUT2D eigenvalue weighted by molar-refractivity contribution is -0.129. The van der Waals surface area contributed by atoms with Crippen LogP contribution < -0.4 is 21.7 Å². The van der Waals surface area contributed by atoms with E-state index < -0.39 is 17.7 Å². The molecule has 3 amide bonds. The van der Waals surface area contributed by atoms with Crippen LogP contribution >= 0.6 is 0 Å². The van der Waals surface area contributed by atoms with Crippen molar-refractivity contribution in [3.63, 3.8) is 0 Å². The number of rotatable bonds is 9. The first-order valence-corrected chi connectivity index (χ1v) is 12.1. The van der Waals surface area contributed by atoms with Crippen molar-refractivity contribution in [2.75, 3.05) is 21.7 Å². The van der Waals surface area contributed by atoms with Gasteiger partial charge in [0.05, 0.1) is 11.4 Å². The van der Waals surface area contributed by atoms with Gasteiger partial charge in [-0.25, -0.2) is 0 Å². The first kappa shape index (κ1) is 25.9. The highest BCUT2D eigenvalue weighted by molar-refractivity contribution is 6.11. The Labute approximate surface area is 221 Å². The lowest BCUT2D eigenvalue weighted by atomic mass is 9.94. The summed E-state index contributed by atoms with van der Waals surface area (Å²) in [7, 11) is 0. The third kappa shape index (κ3) is 6.53. The molecule has 7 heteroatoms. The molecule has 4 aromatic carbocycles. The largest absolute Gasteiger partial charge is 0.397 e. The Morgan fingerprint density at radius 1 is 0.737 bits per heavy atom. The maximum Gasteiger partial charge on any atom is 0.256 e. The second-order valence-corrected chi connectivity index (χ2v) is 8.63. The molecule has 5 N–H and O–H groups in total. The zero-order valence-corrected chi connectivity index (χ0v) is 20.7. The van der Waals surface area contributed by atoms with E-state index in [1.807, 2.05) is 12.1 Å². The molecule has 190 valence electrons. The lowest BCUT2D eigenvalue weighted by Crippen LogP contribution is -2.35. The van der Waals surface area contributed by atoms with Gasteiger partial charge in [0.2, 0.25) is 11.8 Å². The predicted molar refractivity (Wildman–Crippen MR) is 153 cm³/mol. The van der Waals surface area contributed by atoms with E-state index >= 15 is 0 Å². The van der Waals surface area contributed by atoms with Crippen molar-refractivity contribution in [2.24, 2.45) is 5.92 Å². The molecule has 0 unspecified atom stereocenters. The van der Waals surface area contributed by atoms with Crippen molar-refractivity contribution in [1.29, 1.82) is 0 Å². The summed E-state index contributed by atoms with van der Waals surface area (Å²) in [4.78, 5) is 39.5. The molecular formula is C31H28N4O3. The molecule has 4 rings (SSSR count). The van der Waals surface area contributed by atoms with E-state index in [9.17, 15) is 14.4 Å². The normalized spacial score (nSPS) is 10.4. The number of nitrogens with two attached hydrogens (primary N) is 1. The Morgan fingerprint density at radius 2 is 1.29 bits per heavy atom. The topological polar surface area (TPSA) is 113 Å². The minimum Gasteiger partial charge on any atom is -0.397 e. The Balaban J connectivity index is 1.57. The SMILES string of the molecule is C=Cc1cc(CC(C(=O)Nc2ccccc2)C(=O)Nc2ccccc2)ccc1C(=O)Nc1ccccc1N. The smallest absolute Gasteiger partial charge is 0.256 e. The van der Waals surface area contributed by atoms with Crippen LogP contribution in [-0.4, -0.2) is 17.7 Å². The van der Waals surface area contributed by atoms with Crippen LogP contribution in [0.25, 0.3) is 6.08 Å². The highest BCUT2D eigenvalue weighted by atomic mass is 16.2. The van der Waals surface area contributed by atoms with E-state index in [1.165, 1.54) is 0 Å². The summed E-state index contributed by atoms with van der Waals surface area (Å²) in [5, 5.41) is 8.46. The molecule has 0 fully saturated rings. The Bertz CT molecular complexity index is 1400. The van der Waals surface area contributed by atoms with E-state index in [0.717, 1.165) is 0 Å². The van der Waals surface area contributed by atoms with E-state index in [4.69, 9.17) is 5.73 Å². The third-order valence-corrected chi connectivity index (χ3v) is 5.94. The number of nitrogen functional groups attached to an aromatic ring is 1.